The van der Waals surface area contributed by atoms with Gasteiger partial charge < -0.3 is 19.6 Å². The highest BCUT2D eigenvalue weighted by Crippen LogP contribution is 2.60. The largest absolute Gasteiger partial charge is 0.465 e. The summed E-state index contributed by atoms with van der Waals surface area (Å²) in [6.07, 6.45) is 0.210. The topological polar surface area (TPSA) is 128 Å². The molecule has 3 N–H and O–H groups in total. The van der Waals surface area contributed by atoms with E-state index in [1.54, 1.807) is 17.0 Å². The molecule has 172 valence electrons. The first kappa shape index (κ1) is 21.3. The van der Waals surface area contributed by atoms with Gasteiger partial charge in [0.25, 0.3) is 5.91 Å². The molecule has 32 heavy (non-hydrogen) atoms. The van der Waals surface area contributed by atoms with E-state index in [2.05, 4.69) is 0 Å². The fourth-order valence-corrected chi connectivity index (χ4v) is 6.42. The Morgan fingerprint density at radius 2 is 1.72 bits per heavy atom. The molecule has 0 radical (unpaired) electrons. The third-order valence-electron chi connectivity index (χ3n) is 6.43. The Labute approximate surface area is 186 Å². The van der Waals surface area contributed by atoms with Crippen LogP contribution in [0.15, 0.2) is 29.2 Å². The number of benzene rings is 1. The molecule has 0 saturated carbocycles. The third kappa shape index (κ3) is 3.54. The van der Waals surface area contributed by atoms with Crippen molar-refractivity contribution in [1.29, 1.82) is 0 Å². The summed E-state index contributed by atoms with van der Waals surface area (Å²) < 4.78 is 29.0. The molecular weight excluding hydrogens is 436 g/mol. The van der Waals surface area contributed by atoms with E-state index in [1.807, 2.05) is 16.8 Å². The van der Waals surface area contributed by atoms with Gasteiger partial charge in [-0.3, -0.25) is 18.6 Å². The van der Waals surface area contributed by atoms with Crippen LogP contribution in [0.25, 0.3) is 11.3 Å². The monoisotopic (exact) mass is 462 g/mol. The molecule has 0 bridgehead atoms. The van der Waals surface area contributed by atoms with Crippen LogP contribution in [-0.2, 0) is 10.5 Å². The number of nitrogens with zero attached hydrogens (tertiary/aromatic N) is 4. The summed E-state index contributed by atoms with van der Waals surface area (Å²) in [5, 5.41) is 14.0. The van der Waals surface area contributed by atoms with Crippen molar-refractivity contribution in [2.45, 2.75) is 29.5 Å². The Hall–Kier alpha value is -2.60. The van der Waals surface area contributed by atoms with Crippen LogP contribution in [0, 0.1) is 0 Å². The van der Waals surface area contributed by atoms with Gasteiger partial charge in [-0.15, -0.1) is 0 Å². The van der Waals surface area contributed by atoms with Gasteiger partial charge in [0.1, 0.15) is 0 Å². The minimum absolute atomic E-state index is 0.0568. The second-order valence-corrected chi connectivity index (χ2v) is 10.4. The molecule has 0 spiro atoms. The molecule has 4 heterocycles. The smallest absolute Gasteiger partial charge is 0.407 e. The van der Waals surface area contributed by atoms with Crippen LogP contribution in [0.2, 0.25) is 0 Å². The van der Waals surface area contributed by atoms with Crippen LogP contribution in [0.3, 0.4) is 0 Å². The van der Waals surface area contributed by atoms with E-state index < -0.39 is 16.7 Å². The van der Waals surface area contributed by atoms with Gasteiger partial charge in [0.15, 0.2) is 5.69 Å². The molecule has 5 rings (SSSR count). The summed E-state index contributed by atoms with van der Waals surface area (Å²) >= 11 is 0. The number of hydrogen-bond donors (Lipinski definition) is 3. The lowest BCUT2D eigenvalue weighted by Gasteiger charge is -2.39. The number of ether oxygens (including phenoxy) is 1. The summed E-state index contributed by atoms with van der Waals surface area (Å²) in [7, 11) is -3.11. The van der Waals surface area contributed by atoms with E-state index in [0.29, 0.717) is 68.3 Å². The van der Waals surface area contributed by atoms with Crippen molar-refractivity contribution >= 4 is 22.6 Å². The maximum absolute atomic E-state index is 13.4. The summed E-state index contributed by atoms with van der Waals surface area (Å²) in [6.45, 7) is 2.62. The summed E-state index contributed by atoms with van der Waals surface area (Å²) in [6, 6.07) is 7.05. The minimum Gasteiger partial charge on any atom is -0.465 e. The van der Waals surface area contributed by atoms with E-state index >= 15 is 0 Å². The normalized spacial score (nSPS) is 21.6. The van der Waals surface area contributed by atoms with Crippen LogP contribution in [-0.4, -0.2) is 85.2 Å². The van der Waals surface area contributed by atoms with Crippen LogP contribution >= 0.6 is 10.6 Å². The maximum atomic E-state index is 13.4. The molecule has 0 atom stereocenters. The zero-order valence-corrected chi connectivity index (χ0v) is 18.3. The Kier molecular flexibility index (Phi) is 5.36. The van der Waals surface area contributed by atoms with Gasteiger partial charge >= 0.3 is 6.09 Å². The van der Waals surface area contributed by atoms with Gasteiger partial charge in [0.2, 0.25) is 0 Å². The zero-order chi connectivity index (χ0) is 22.5. The van der Waals surface area contributed by atoms with Gasteiger partial charge in [-0.2, -0.15) is 15.7 Å². The maximum Gasteiger partial charge on any atom is 0.407 e. The number of piperidine rings is 1. The Bertz CT molecular complexity index is 1060. The number of aromatic nitrogens is 2. The second kappa shape index (κ2) is 8.07. The average molecular weight is 463 g/mol. The molecule has 0 aliphatic carbocycles. The average Bonchev–Trinajstić information content (AvgIpc) is 3.18. The van der Waals surface area contributed by atoms with E-state index in [9.17, 15) is 23.8 Å². The van der Waals surface area contributed by atoms with Crippen molar-refractivity contribution in [3.63, 3.8) is 0 Å². The summed E-state index contributed by atoms with van der Waals surface area (Å²) in [5.41, 5.74) is 2.21. The number of carbonyl (C=O) groups is 2. The standard InChI is InChI=1S/C21H26N4O6S/c26-20(23-9-11-31-12-10-23)18-16-13-32(29,30)17-4-2-1-3-15(17)19(16)25(22-18)14-5-7-24(8-6-14)21(27)28/h1-4,14,29-30H,5-13H2,(H,27,28). The number of amides is 2. The fraction of sp³-hybridized carbons (Fsp3) is 0.476. The molecule has 3 aliphatic rings. The first-order valence-electron chi connectivity index (χ1n) is 10.7. The van der Waals surface area contributed by atoms with Gasteiger partial charge in [-0.25, -0.2) is 4.79 Å². The van der Waals surface area contributed by atoms with Crippen LogP contribution in [0.5, 0.6) is 0 Å². The molecule has 3 aliphatic heterocycles. The van der Waals surface area contributed by atoms with Crippen molar-refractivity contribution < 1.29 is 28.5 Å². The Morgan fingerprint density at radius 3 is 2.41 bits per heavy atom. The second-order valence-electron chi connectivity index (χ2n) is 8.33. The van der Waals surface area contributed by atoms with Crippen LogP contribution in [0.4, 0.5) is 4.79 Å². The van der Waals surface area contributed by atoms with Crippen molar-refractivity contribution in [3.05, 3.63) is 35.5 Å². The van der Waals surface area contributed by atoms with Crippen LogP contribution in [0.1, 0.15) is 34.9 Å². The van der Waals surface area contributed by atoms with E-state index in [4.69, 9.17) is 9.84 Å². The first-order chi connectivity index (χ1) is 15.4. The molecule has 2 fully saturated rings. The van der Waals surface area contributed by atoms with Gasteiger partial charge in [0, 0.05) is 37.3 Å². The van der Waals surface area contributed by atoms with Gasteiger partial charge in [-0.1, -0.05) is 18.2 Å². The fourth-order valence-electron chi connectivity index (χ4n) is 4.77. The molecular formula is C21H26N4O6S. The Balaban J connectivity index is 1.60. The van der Waals surface area contributed by atoms with Crippen molar-refractivity contribution in [1.82, 2.24) is 19.6 Å². The van der Waals surface area contributed by atoms with E-state index in [1.165, 1.54) is 4.90 Å². The number of rotatable bonds is 2. The third-order valence-corrected chi connectivity index (χ3v) is 8.18. The summed E-state index contributed by atoms with van der Waals surface area (Å²) in [4.78, 5) is 28.2. The lowest BCUT2D eigenvalue weighted by molar-refractivity contribution is 0.0297. The SMILES string of the molecule is O=C(O)N1CCC(n2nc(C(=O)N3CCOCC3)c3c2-c2ccccc2S(O)(O)C3)CC1. The van der Waals surface area contributed by atoms with Crippen molar-refractivity contribution in [3.8, 4) is 11.3 Å². The Morgan fingerprint density at radius 1 is 1.03 bits per heavy atom. The van der Waals surface area contributed by atoms with Crippen LogP contribution < -0.4 is 0 Å². The molecule has 2 saturated heterocycles. The lowest BCUT2D eigenvalue weighted by atomic mass is 10.0. The first-order valence-corrected chi connectivity index (χ1v) is 12.4. The highest BCUT2D eigenvalue weighted by Gasteiger charge is 2.39. The quantitative estimate of drug-likeness (QED) is 0.626. The van der Waals surface area contributed by atoms with Gasteiger partial charge in [0.05, 0.1) is 35.6 Å². The number of morpholine rings is 1. The van der Waals surface area contributed by atoms with E-state index in [0.717, 1.165) is 5.69 Å². The molecule has 1 aromatic heterocycles. The molecule has 0 unspecified atom stereocenters. The lowest BCUT2D eigenvalue weighted by Crippen LogP contribution is -2.41. The predicted octanol–water partition coefficient (Wildman–Crippen LogP) is 2.96. The number of carbonyl (C=O) groups excluding carboxylic acids is 1. The molecule has 11 heteroatoms. The number of carboxylic acid groups (broad SMARTS) is 1. The van der Waals surface area contributed by atoms with E-state index in [-0.39, 0.29) is 23.4 Å². The highest BCUT2D eigenvalue weighted by atomic mass is 32.3. The molecule has 2 aromatic rings. The number of fused-ring (bicyclic) bond motifs is 3. The number of hydrogen-bond acceptors (Lipinski definition) is 6. The number of likely N-dealkylation sites (tertiary alicyclic amines) is 1. The summed E-state index contributed by atoms with van der Waals surface area (Å²) in [5.74, 6) is -0.292. The molecule has 2 amide bonds. The molecule has 1 aromatic carbocycles. The zero-order valence-electron chi connectivity index (χ0n) is 17.5. The van der Waals surface area contributed by atoms with Crippen molar-refractivity contribution in [2.24, 2.45) is 0 Å². The highest BCUT2D eigenvalue weighted by molar-refractivity contribution is 8.23. The minimum atomic E-state index is -3.11. The predicted molar refractivity (Wildman–Crippen MR) is 117 cm³/mol. The molecule has 10 nitrogen and oxygen atoms in total. The van der Waals surface area contributed by atoms with Gasteiger partial charge in [-0.05, 0) is 18.9 Å². The van der Waals surface area contributed by atoms with Crippen molar-refractivity contribution in [2.75, 3.05) is 39.4 Å².